The Morgan fingerprint density at radius 3 is 2.29 bits per heavy atom. The molecule has 9 heteroatoms. The molecule has 2 saturated heterocycles. The van der Waals surface area contributed by atoms with Crippen molar-refractivity contribution >= 4 is 44.8 Å². The summed E-state index contributed by atoms with van der Waals surface area (Å²) in [6.45, 7) is 0.918. The molecule has 2 aromatic carbocycles. The SMILES string of the molecule is O=C1NCN(c2ccccc2)C12CCN(S(=O)(=O)c1ccc(Cl)c(Cl)c1)CC2. The maximum Gasteiger partial charge on any atom is 0.247 e. The smallest absolute Gasteiger partial charge is 0.247 e. The van der Waals surface area contributed by atoms with Crippen LogP contribution in [0.25, 0.3) is 0 Å². The van der Waals surface area contributed by atoms with Gasteiger partial charge in [-0.25, -0.2) is 8.42 Å². The van der Waals surface area contributed by atoms with E-state index in [-0.39, 0.29) is 28.9 Å². The fraction of sp³-hybridized carbons (Fsp3) is 0.316. The van der Waals surface area contributed by atoms with Gasteiger partial charge in [0, 0.05) is 18.8 Å². The minimum absolute atomic E-state index is 0.0528. The first-order valence-electron chi connectivity index (χ1n) is 8.91. The van der Waals surface area contributed by atoms with Gasteiger partial charge in [0.15, 0.2) is 0 Å². The molecule has 0 saturated carbocycles. The Bertz CT molecular complexity index is 1010. The van der Waals surface area contributed by atoms with Gasteiger partial charge in [-0.2, -0.15) is 4.31 Å². The molecule has 4 rings (SSSR count). The third-order valence-corrected chi connectivity index (χ3v) is 8.12. The number of para-hydroxylation sites is 1. The minimum atomic E-state index is -3.71. The summed E-state index contributed by atoms with van der Waals surface area (Å²) < 4.78 is 27.4. The van der Waals surface area contributed by atoms with Crippen LogP contribution >= 0.6 is 23.2 Å². The number of benzene rings is 2. The highest BCUT2D eigenvalue weighted by molar-refractivity contribution is 7.89. The Hall–Kier alpha value is -1.80. The number of piperidine rings is 1. The van der Waals surface area contributed by atoms with Crippen molar-refractivity contribution in [3.05, 3.63) is 58.6 Å². The second-order valence-electron chi connectivity index (χ2n) is 6.94. The Kier molecular flexibility index (Phi) is 5.03. The zero-order valence-electron chi connectivity index (χ0n) is 14.9. The third kappa shape index (κ3) is 3.16. The zero-order valence-corrected chi connectivity index (χ0v) is 17.3. The summed E-state index contributed by atoms with van der Waals surface area (Å²) >= 11 is 11.9. The first-order valence-corrected chi connectivity index (χ1v) is 11.1. The largest absolute Gasteiger partial charge is 0.339 e. The molecule has 0 bridgehead atoms. The summed E-state index contributed by atoms with van der Waals surface area (Å²) in [5, 5.41) is 3.42. The summed E-state index contributed by atoms with van der Waals surface area (Å²) in [6, 6.07) is 14.0. The molecule has 2 aliphatic rings. The molecule has 2 aromatic rings. The number of rotatable bonds is 3. The molecule has 1 N–H and O–H groups in total. The lowest BCUT2D eigenvalue weighted by Crippen LogP contribution is -2.57. The summed E-state index contributed by atoms with van der Waals surface area (Å²) in [5.41, 5.74) is 0.215. The molecule has 6 nitrogen and oxygen atoms in total. The number of hydrogen-bond donors (Lipinski definition) is 1. The van der Waals surface area contributed by atoms with Gasteiger partial charge in [-0.1, -0.05) is 41.4 Å². The van der Waals surface area contributed by atoms with E-state index in [0.29, 0.717) is 24.5 Å². The molecular formula is C19H19Cl2N3O3S. The molecule has 28 heavy (non-hydrogen) atoms. The van der Waals surface area contributed by atoms with Crippen LogP contribution in [0.2, 0.25) is 10.0 Å². The fourth-order valence-corrected chi connectivity index (χ4v) is 5.75. The van der Waals surface area contributed by atoms with Gasteiger partial charge in [-0.3, -0.25) is 4.79 Å². The molecule has 148 valence electrons. The van der Waals surface area contributed by atoms with Crippen LogP contribution in [0.3, 0.4) is 0 Å². The number of hydrogen-bond acceptors (Lipinski definition) is 4. The highest BCUT2D eigenvalue weighted by Crippen LogP contribution is 2.37. The number of sulfonamides is 1. The van der Waals surface area contributed by atoms with Gasteiger partial charge in [0.2, 0.25) is 15.9 Å². The van der Waals surface area contributed by atoms with Crippen molar-refractivity contribution in [3.8, 4) is 0 Å². The third-order valence-electron chi connectivity index (χ3n) is 5.48. The van der Waals surface area contributed by atoms with E-state index >= 15 is 0 Å². The first-order chi connectivity index (χ1) is 13.3. The molecule has 1 spiro atoms. The summed E-state index contributed by atoms with van der Waals surface area (Å²) in [5.74, 6) is -0.0528. The van der Waals surface area contributed by atoms with Crippen LogP contribution in [-0.2, 0) is 14.8 Å². The molecule has 1 amide bonds. The molecule has 0 radical (unpaired) electrons. The fourth-order valence-electron chi connectivity index (χ4n) is 3.92. The zero-order chi connectivity index (χ0) is 19.9. The normalized spacial score (nSPS) is 19.8. The Balaban J connectivity index is 1.58. The predicted molar refractivity (Wildman–Crippen MR) is 109 cm³/mol. The highest BCUT2D eigenvalue weighted by atomic mass is 35.5. The summed E-state index contributed by atoms with van der Waals surface area (Å²) in [4.78, 5) is 14.8. The number of amides is 1. The van der Waals surface area contributed by atoms with Gasteiger partial charge >= 0.3 is 0 Å². The van der Waals surface area contributed by atoms with E-state index in [1.54, 1.807) is 0 Å². The number of halogens is 2. The predicted octanol–water partition coefficient (Wildman–Crippen LogP) is 3.11. The van der Waals surface area contributed by atoms with Gasteiger partial charge in [-0.15, -0.1) is 0 Å². The lowest BCUT2D eigenvalue weighted by atomic mass is 9.86. The topological polar surface area (TPSA) is 69.7 Å². The van der Waals surface area contributed by atoms with Crippen molar-refractivity contribution in [2.75, 3.05) is 24.7 Å². The van der Waals surface area contributed by atoms with Crippen LogP contribution in [-0.4, -0.2) is 43.9 Å². The van der Waals surface area contributed by atoms with E-state index in [0.717, 1.165) is 5.69 Å². The average Bonchev–Trinajstić information content (AvgIpc) is 3.01. The average molecular weight is 440 g/mol. The van der Waals surface area contributed by atoms with Gasteiger partial charge < -0.3 is 10.2 Å². The lowest BCUT2D eigenvalue weighted by molar-refractivity contribution is -0.124. The molecule has 0 aromatic heterocycles. The van der Waals surface area contributed by atoms with Gasteiger partial charge in [0.05, 0.1) is 21.6 Å². The van der Waals surface area contributed by atoms with Crippen molar-refractivity contribution in [1.82, 2.24) is 9.62 Å². The van der Waals surface area contributed by atoms with Gasteiger partial charge in [0.1, 0.15) is 5.54 Å². The van der Waals surface area contributed by atoms with Crippen LogP contribution in [0.5, 0.6) is 0 Å². The van der Waals surface area contributed by atoms with Crippen molar-refractivity contribution < 1.29 is 13.2 Å². The standard InChI is InChI=1S/C19H19Cl2N3O3S/c20-16-7-6-15(12-17(16)21)28(26,27)23-10-8-19(9-11-23)18(25)22-13-24(19)14-4-2-1-3-5-14/h1-7,12H,8-11,13H2,(H,22,25). The van der Waals surface area contributed by atoms with Crippen LogP contribution in [0, 0.1) is 0 Å². The Morgan fingerprint density at radius 1 is 0.964 bits per heavy atom. The molecule has 2 aliphatic heterocycles. The van der Waals surface area contributed by atoms with E-state index in [2.05, 4.69) is 5.32 Å². The summed E-state index contributed by atoms with van der Waals surface area (Å²) in [6.07, 6.45) is 0.822. The van der Waals surface area contributed by atoms with E-state index in [4.69, 9.17) is 23.2 Å². The molecule has 0 aliphatic carbocycles. The van der Waals surface area contributed by atoms with Crippen LogP contribution < -0.4 is 10.2 Å². The number of carbonyl (C=O) groups is 1. The van der Waals surface area contributed by atoms with E-state index in [9.17, 15) is 13.2 Å². The van der Waals surface area contributed by atoms with E-state index < -0.39 is 15.6 Å². The van der Waals surface area contributed by atoms with E-state index in [1.807, 2.05) is 35.2 Å². The van der Waals surface area contributed by atoms with Crippen LogP contribution in [0.4, 0.5) is 5.69 Å². The second kappa shape index (κ2) is 7.22. The molecular weight excluding hydrogens is 421 g/mol. The number of nitrogens with one attached hydrogen (secondary N) is 1. The van der Waals surface area contributed by atoms with Crippen LogP contribution in [0.1, 0.15) is 12.8 Å². The van der Waals surface area contributed by atoms with Gasteiger partial charge in [-0.05, 0) is 43.2 Å². The maximum absolute atomic E-state index is 13.0. The van der Waals surface area contributed by atoms with Crippen molar-refractivity contribution in [2.24, 2.45) is 0 Å². The maximum atomic E-state index is 13.0. The quantitative estimate of drug-likeness (QED) is 0.797. The highest BCUT2D eigenvalue weighted by Gasteiger charge is 2.51. The molecule has 2 heterocycles. The number of carbonyl (C=O) groups excluding carboxylic acids is 1. The van der Waals surface area contributed by atoms with Crippen LogP contribution in [0.15, 0.2) is 53.4 Å². The van der Waals surface area contributed by atoms with E-state index in [1.165, 1.54) is 22.5 Å². The Labute approximate surface area is 174 Å². The molecule has 0 atom stereocenters. The molecule has 2 fully saturated rings. The monoisotopic (exact) mass is 439 g/mol. The lowest BCUT2D eigenvalue weighted by Gasteiger charge is -2.42. The summed E-state index contributed by atoms with van der Waals surface area (Å²) in [7, 11) is -3.71. The minimum Gasteiger partial charge on any atom is -0.339 e. The van der Waals surface area contributed by atoms with Crippen molar-refractivity contribution in [2.45, 2.75) is 23.3 Å². The second-order valence-corrected chi connectivity index (χ2v) is 9.69. The van der Waals surface area contributed by atoms with Crippen molar-refractivity contribution in [1.29, 1.82) is 0 Å². The first kappa shape index (κ1) is 19.5. The van der Waals surface area contributed by atoms with Gasteiger partial charge in [0.25, 0.3) is 0 Å². The van der Waals surface area contributed by atoms with Crippen molar-refractivity contribution in [3.63, 3.8) is 0 Å². The Morgan fingerprint density at radius 2 is 1.64 bits per heavy atom. The number of nitrogens with zero attached hydrogens (tertiary/aromatic N) is 2. The number of anilines is 1. The molecule has 0 unspecified atom stereocenters.